The zero-order chi connectivity index (χ0) is 21.1. The van der Waals surface area contributed by atoms with Crippen molar-refractivity contribution < 1.29 is 18.4 Å². The Hall–Kier alpha value is -3.30. The first kappa shape index (κ1) is 20.0. The topological polar surface area (TPSA) is 84.2 Å². The van der Waals surface area contributed by atoms with Gasteiger partial charge >= 0.3 is 0 Å². The van der Waals surface area contributed by atoms with Gasteiger partial charge in [0.15, 0.2) is 0 Å². The highest BCUT2D eigenvalue weighted by atomic mass is 32.1. The lowest BCUT2D eigenvalue weighted by molar-refractivity contribution is -0.121. The molecule has 4 aromatic rings. The fourth-order valence-electron chi connectivity index (χ4n) is 2.71. The molecule has 0 fully saturated rings. The van der Waals surface area contributed by atoms with E-state index in [0.29, 0.717) is 22.2 Å². The molecule has 0 atom stereocenters. The molecule has 0 aliphatic rings. The molecule has 0 radical (unpaired) electrons. The number of carbonyl (C=O) groups excluding carboxylic acids is 2. The summed E-state index contributed by atoms with van der Waals surface area (Å²) in [6, 6.07) is 13.2. The van der Waals surface area contributed by atoms with Crippen LogP contribution in [0, 0.1) is 12.7 Å². The van der Waals surface area contributed by atoms with E-state index in [2.05, 4.69) is 15.8 Å². The fraction of sp³-hybridized carbons (Fsp3) is 0.0952. The predicted molar refractivity (Wildman–Crippen MR) is 114 cm³/mol. The van der Waals surface area contributed by atoms with Crippen LogP contribution in [0.1, 0.15) is 21.1 Å². The maximum absolute atomic E-state index is 13.1. The molecule has 4 rings (SSSR count). The number of aryl methyl sites for hydroxylation is 1. The molecular formula is C21H16FN3O3S2. The molecule has 0 saturated heterocycles. The van der Waals surface area contributed by atoms with Crippen molar-refractivity contribution in [2.75, 3.05) is 0 Å². The summed E-state index contributed by atoms with van der Waals surface area (Å²) in [6.07, 6.45) is -0.0216. The Morgan fingerprint density at radius 3 is 2.60 bits per heavy atom. The molecule has 0 aliphatic carbocycles. The van der Waals surface area contributed by atoms with Gasteiger partial charge in [0.05, 0.1) is 21.9 Å². The van der Waals surface area contributed by atoms with E-state index in [1.54, 1.807) is 31.2 Å². The van der Waals surface area contributed by atoms with Crippen LogP contribution in [-0.4, -0.2) is 16.8 Å². The smallest absolute Gasteiger partial charge is 0.279 e. The van der Waals surface area contributed by atoms with Crippen LogP contribution >= 0.6 is 22.7 Å². The first-order valence-electron chi connectivity index (χ1n) is 8.95. The molecule has 0 spiro atoms. The highest BCUT2D eigenvalue weighted by molar-refractivity contribution is 7.17. The monoisotopic (exact) mass is 441 g/mol. The molecular weight excluding hydrogens is 425 g/mol. The van der Waals surface area contributed by atoms with Crippen LogP contribution in [0.25, 0.3) is 21.2 Å². The van der Waals surface area contributed by atoms with E-state index in [0.717, 1.165) is 15.3 Å². The average molecular weight is 442 g/mol. The third kappa shape index (κ3) is 4.47. The van der Waals surface area contributed by atoms with E-state index in [1.807, 2.05) is 17.5 Å². The van der Waals surface area contributed by atoms with Crippen molar-refractivity contribution in [2.24, 2.45) is 0 Å². The molecule has 0 unspecified atom stereocenters. The number of hydrazine groups is 1. The molecule has 3 heterocycles. The van der Waals surface area contributed by atoms with Crippen molar-refractivity contribution in [2.45, 2.75) is 13.3 Å². The maximum Gasteiger partial charge on any atom is 0.279 e. The number of carbonyl (C=O) groups is 2. The van der Waals surface area contributed by atoms with Gasteiger partial charge in [0.25, 0.3) is 5.91 Å². The van der Waals surface area contributed by atoms with E-state index in [9.17, 15) is 14.0 Å². The number of halogens is 1. The van der Waals surface area contributed by atoms with Gasteiger partial charge in [0, 0.05) is 4.88 Å². The summed E-state index contributed by atoms with van der Waals surface area (Å²) in [7, 11) is 0. The summed E-state index contributed by atoms with van der Waals surface area (Å²) in [5.74, 6) is -0.130. The van der Waals surface area contributed by atoms with Crippen LogP contribution in [0.4, 0.5) is 4.39 Å². The minimum Gasteiger partial charge on any atom is -0.440 e. The Balaban J connectivity index is 1.34. The lowest BCUT2D eigenvalue weighted by Crippen LogP contribution is -2.42. The Kier molecular flexibility index (Phi) is 5.73. The summed E-state index contributed by atoms with van der Waals surface area (Å²) in [4.78, 5) is 31.0. The number of nitrogens with zero attached hydrogens (tertiary/aromatic N) is 1. The van der Waals surface area contributed by atoms with Gasteiger partial charge in [-0.2, -0.15) is 0 Å². The Bertz CT molecular complexity index is 1180. The molecule has 0 aliphatic heterocycles. The zero-order valence-corrected chi connectivity index (χ0v) is 17.4. The summed E-state index contributed by atoms with van der Waals surface area (Å²) in [6.45, 7) is 1.74. The van der Waals surface area contributed by atoms with Crippen LogP contribution in [0.15, 0.2) is 58.3 Å². The van der Waals surface area contributed by atoms with Gasteiger partial charge in [-0.1, -0.05) is 18.2 Å². The molecule has 3 aromatic heterocycles. The van der Waals surface area contributed by atoms with Gasteiger partial charge in [-0.25, -0.2) is 9.37 Å². The third-order valence-corrected chi connectivity index (χ3v) is 6.22. The van der Waals surface area contributed by atoms with Crippen molar-refractivity contribution in [3.63, 3.8) is 0 Å². The molecule has 0 saturated carbocycles. The first-order valence-corrected chi connectivity index (χ1v) is 10.6. The highest BCUT2D eigenvalue weighted by Crippen LogP contribution is 2.28. The summed E-state index contributed by atoms with van der Waals surface area (Å²) < 4.78 is 18.7. The molecule has 30 heavy (non-hydrogen) atoms. The fourth-order valence-corrected chi connectivity index (χ4v) is 4.27. The second-order valence-corrected chi connectivity index (χ2v) is 8.38. The molecule has 1 aromatic carbocycles. The standard InChI is InChI=1S/C21H16FN3O3S2/c1-12-15(23-21(28-12)18-3-2-10-29-18)11-19(26)24-25-20(27)17-9-8-16(30-17)13-4-6-14(22)7-5-13/h2-10H,11H2,1H3,(H,24,26)(H,25,27). The Morgan fingerprint density at radius 2 is 1.87 bits per heavy atom. The summed E-state index contributed by atoms with van der Waals surface area (Å²) in [5, 5.41) is 1.92. The van der Waals surface area contributed by atoms with Crippen molar-refractivity contribution in [3.8, 4) is 21.2 Å². The summed E-state index contributed by atoms with van der Waals surface area (Å²) in [5.41, 5.74) is 6.13. The van der Waals surface area contributed by atoms with Gasteiger partial charge in [0.1, 0.15) is 11.6 Å². The van der Waals surface area contributed by atoms with Crippen LogP contribution in [-0.2, 0) is 11.2 Å². The molecule has 6 nitrogen and oxygen atoms in total. The Labute approximate surface area is 179 Å². The number of rotatable bonds is 5. The van der Waals surface area contributed by atoms with Gasteiger partial charge < -0.3 is 4.42 Å². The molecule has 152 valence electrons. The van der Waals surface area contributed by atoms with Crippen molar-refractivity contribution in [3.05, 3.63) is 76.1 Å². The van der Waals surface area contributed by atoms with E-state index in [1.165, 1.54) is 34.8 Å². The molecule has 9 heteroatoms. The first-order chi connectivity index (χ1) is 14.5. The van der Waals surface area contributed by atoms with Crippen molar-refractivity contribution >= 4 is 34.5 Å². The maximum atomic E-state index is 13.1. The van der Waals surface area contributed by atoms with Gasteiger partial charge in [-0.15, -0.1) is 22.7 Å². The lowest BCUT2D eigenvalue weighted by atomic mass is 10.2. The Morgan fingerprint density at radius 1 is 1.07 bits per heavy atom. The van der Waals surface area contributed by atoms with E-state index in [-0.39, 0.29) is 12.2 Å². The van der Waals surface area contributed by atoms with Crippen LogP contribution in [0.2, 0.25) is 0 Å². The number of nitrogens with one attached hydrogen (secondary N) is 2. The number of hydrogen-bond acceptors (Lipinski definition) is 6. The largest absolute Gasteiger partial charge is 0.440 e. The SMILES string of the molecule is Cc1oc(-c2cccs2)nc1CC(=O)NNC(=O)c1ccc(-c2ccc(F)cc2)s1. The van der Waals surface area contributed by atoms with E-state index >= 15 is 0 Å². The zero-order valence-electron chi connectivity index (χ0n) is 15.8. The van der Waals surface area contributed by atoms with Gasteiger partial charge in [0.2, 0.25) is 11.8 Å². The number of thiophene rings is 2. The van der Waals surface area contributed by atoms with Crippen molar-refractivity contribution in [1.29, 1.82) is 0 Å². The van der Waals surface area contributed by atoms with Crippen LogP contribution in [0.3, 0.4) is 0 Å². The highest BCUT2D eigenvalue weighted by Gasteiger charge is 2.16. The second kappa shape index (κ2) is 8.60. The number of benzene rings is 1. The van der Waals surface area contributed by atoms with Crippen LogP contribution in [0.5, 0.6) is 0 Å². The third-order valence-electron chi connectivity index (χ3n) is 4.23. The second-order valence-electron chi connectivity index (χ2n) is 6.35. The van der Waals surface area contributed by atoms with Gasteiger partial charge in [-0.3, -0.25) is 20.4 Å². The minimum atomic E-state index is -0.433. The number of hydrogen-bond donors (Lipinski definition) is 2. The number of oxazole rings is 1. The normalized spacial score (nSPS) is 10.7. The average Bonchev–Trinajstić information content (AvgIpc) is 3.48. The molecule has 2 amide bonds. The van der Waals surface area contributed by atoms with E-state index < -0.39 is 11.8 Å². The lowest BCUT2D eigenvalue weighted by Gasteiger charge is -2.05. The van der Waals surface area contributed by atoms with Crippen molar-refractivity contribution in [1.82, 2.24) is 15.8 Å². The molecule has 2 N–H and O–H groups in total. The summed E-state index contributed by atoms with van der Waals surface area (Å²) >= 11 is 2.75. The predicted octanol–water partition coefficient (Wildman–Crippen LogP) is 4.58. The molecule has 0 bridgehead atoms. The minimum absolute atomic E-state index is 0.0216. The number of aromatic nitrogens is 1. The van der Waals surface area contributed by atoms with E-state index in [4.69, 9.17) is 4.42 Å². The van der Waals surface area contributed by atoms with Crippen LogP contribution < -0.4 is 10.9 Å². The number of amides is 2. The quantitative estimate of drug-likeness (QED) is 0.444. The van der Waals surface area contributed by atoms with Gasteiger partial charge in [-0.05, 0) is 48.2 Å².